The van der Waals surface area contributed by atoms with Gasteiger partial charge in [0.05, 0.1) is 17.2 Å². The molecule has 0 bridgehead atoms. The molecule has 1 aliphatic carbocycles. The lowest BCUT2D eigenvalue weighted by Gasteiger charge is -2.41. The fraction of sp³-hybridized carbons (Fsp3) is 0.733. The molecule has 0 aromatic carbocycles. The van der Waals surface area contributed by atoms with Crippen molar-refractivity contribution < 1.29 is 9.53 Å². The van der Waals surface area contributed by atoms with Crippen LogP contribution in [0.2, 0.25) is 0 Å². The molecular weight excluding hydrogens is 272 g/mol. The molecule has 2 heterocycles. The molecule has 5 heteroatoms. The minimum absolute atomic E-state index is 0.421. The largest absolute Gasteiger partial charge is 0.378 e. The number of hydrogen-bond donors (Lipinski definition) is 0. The number of thiazole rings is 1. The van der Waals surface area contributed by atoms with Gasteiger partial charge in [0, 0.05) is 20.2 Å². The zero-order chi connectivity index (χ0) is 13.9. The fourth-order valence-electron chi connectivity index (χ4n) is 3.59. The summed E-state index contributed by atoms with van der Waals surface area (Å²) in [5.74, 6) is 1.75. The second-order valence-corrected chi connectivity index (χ2v) is 6.91. The Morgan fingerprint density at radius 3 is 2.90 bits per heavy atom. The van der Waals surface area contributed by atoms with Gasteiger partial charge in [-0.15, -0.1) is 0 Å². The lowest BCUT2D eigenvalue weighted by molar-refractivity contribution is 0.112. The van der Waals surface area contributed by atoms with Crippen molar-refractivity contribution in [3.63, 3.8) is 0 Å². The van der Waals surface area contributed by atoms with Crippen LogP contribution in [0.3, 0.4) is 0 Å². The lowest BCUT2D eigenvalue weighted by Crippen LogP contribution is -2.41. The van der Waals surface area contributed by atoms with E-state index in [1.807, 2.05) is 0 Å². The third-order valence-corrected chi connectivity index (χ3v) is 5.75. The minimum Gasteiger partial charge on any atom is -0.378 e. The van der Waals surface area contributed by atoms with Crippen LogP contribution in [0.1, 0.15) is 47.5 Å². The Hall–Kier alpha value is -0.940. The van der Waals surface area contributed by atoms with E-state index in [0.717, 1.165) is 42.0 Å². The zero-order valence-electron chi connectivity index (χ0n) is 12.0. The van der Waals surface area contributed by atoms with Crippen molar-refractivity contribution >= 4 is 22.8 Å². The number of hydrogen-bond acceptors (Lipinski definition) is 5. The molecule has 0 N–H and O–H groups in total. The summed E-state index contributed by atoms with van der Waals surface area (Å²) >= 11 is 1.51. The van der Waals surface area contributed by atoms with Crippen molar-refractivity contribution in [2.45, 2.75) is 38.7 Å². The van der Waals surface area contributed by atoms with Gasteiger partial charge in [-0.3, -0.25) is 4.79 Å². The Kier molecular flexibility index (Phi) is 4.36. The van der Waals surface area contributed by atoms with Gasteiger partial charge in [-0.2, -0.15) is 0 Å². The molecule has 20 heavy (non-hydrogen) atoms. The van der Waals surface area contributed by atoms with Crippen LogP contribution in [0, 0.1) is 11.8 Å². The quantitative estimate of drug-likeness (QED) is 0.800. The van der Waals surface area contributed by atoms with E-state index in [1.54, 1.807) is 7.11 Å². The number of anilines is 1. The van der Waals surface area contributed by atoms with E-state index >= 15 is 0 Å². The summed E-state index contributed by atoms with van der Waals surface area (Å²) in [7, 11) is 1.64. The third kappa shape index (κ3) is 2.74. The Labute approximate surface area is 124 Å². The summed E-state index contributed by atoms with van der Waals surface area (Å²) in [6, 6.07) is 0. The highest BCUT2D eigenvalue weighted by Gasteiger charge is 2.32. The standard InChI is InChI=1S/C15H22N2O2S/c1-19-10-13-14(9-18)20-15(16-13)17-7-6-11-4-2-3-5-12(11)8-17/h9,11-12H,2-8,10H2,1H3. The van der Waals surface area contributed by atoms with E-state index in [0.29, 0.717) is 11.5 Å². The van der Waals surface area contributed by atoms with Gasteiger partial charge in [-0.1, -0.05) is 30.6 Å². The first-order valence-corrected chi connectivity index (χ1v) is 8.32. The van der Waals surface area contributed by atoms with Gasteiger partial charge in [0.25, 0.3) is 0 Å². The van der Waals surface area contributed by atoms with E-state index in [9.17, 15) is 4.79 Å². The number of aromatic nitrogens is 1. The number of ether oxygens (including phenoxy) is 1. The molecule has 3 rings (SSSR count). The van der Waals surface area contributed by atoms with Gasteiger partial charge in [0.2, 0.25) is 0 Å². The molecule has 1 saturated heterocycles. The predicted molar refractivity (Wildman–Crippen MR) is 80.5 cm³/mol. The van der Waals surface area contributed by atoms with Gasteiger partial charge in [-0.25, -0.2) is 4.98 Å². The molecule has 1 aliphatic heterocycles. The smallest absolute Gasteiger partial charge is 0.186 e. The van der Waals surface area contributed by atoms with Crippen LogP contribution in [-0.4, -0.2) is 31.5 Å². The van der Waals surface area contributed by atoms with Gasteiger partial charge < -0.3 is 9.64 Å². The maximum atomic E-state index is 11.1. The van der Waals surface area contributed by atoms with Crippen LogP contribution in [0.15, 0.2) is 0 Å². The maximum Gasteiger partial charge on any atom is 0.186 e. The molecule has 2 aliphatic rings. The van der Waals surface area contributed by atoms with Gasteiger partial charge in [0.15, 0.2) is 11.4 Å². The summed E-state index contributed by atoms with van der Waals surface area (Å²) in [5.41, 5.74) is 0.785. The number of aldehydes is 1. The molecular formula is C15H22N2O2S. The van der Waals surface area contributed by atoms with Gasteiger partial charge in [0.1, 0.15) is 0 Å². The first-order valence-electron chi connectivity index (χ1n) is 7.50. The van der Waals surface area contributed by atoms with Crippen LogP contribution >= 0.6 is 11.3 Å². The van der Waals surface area contributed by atoms with Crippen LogP contribution in [-0.2, 0) is 11.3 Å². The Morgan fingerprint density at radius 1 is 1.35 bits per heavy atom. The van der Waals surface area contributed by atoms with Gasteiger partial charge in [-0.05, 0) is 24.7 Å². The number of nitrogens with zero attached hydrogens (tertiary/aromatic N) is 2. The second-order valence-electron chi connectivity index (χ2n) is 5.90. The van der Waals surface area contributed by atoms with Crippen molar-refractivity contribution in [1.82, 2.24) is 4.98 Å². The summed E-state index contributed by atoms with van der Waals surface area (Å²) in [6.45, 7) is 2.62. The van der Waals surface area contributed by atoms with Crippen LogP contribution in [0.25, 0.3) is 0 Å². The number of fused-ring (bicyclic) bond motifs is 1. The van der Waals surface area contributed by atoms with Crippen molar-refractivity contribution in [3.05, 3.63) is 10.6 Å². The molecule has 0 spiro atoms. The van der Waals surface area contributed by atoms with Crippen LogP contribution in [0.4, 0.5) is 5.13 Å². The summed E-state index contributed by atoms with van der Waals surface area (Å²) in [5, 5.41) is 1.00. The van der Waals surface area contributed by atoms with E-state index in [4.69, 9.17) is 4.74 Å². The maximum absolute atomic E-state index is 11.1. The SMILES string of the molecule is COCc1nc(N2CCC3CCCCC3C2)sc1C=O. The molecule has 4 nitrogen and oxygen atoms in total. The molecule has 2 fully saturated rings. The summed E-state index contributed by atoms with van der Waals surface area (Å²) in [4.78, 5) is 18.8. The molecule has 110 valence electrons. The monoisotopic (exact) mass is 294 g/mol. The molecule has 1 aromatic rings. The van der Waals surface area contributed by atoms with E-state index in [1.165, 1.54) is 43.4 Å². The number of methoxy groups -OCH3 is 1. The second kappa shape index (κ2) is 6.22. The van der Waals surface area contributed by atoms with Crippen molar-refractivity contribution in [2.24, 2.45) is 11.8 Å². The minimum atomic E-state index is 0.421. The molecule has 2 unspecified atom stereocenters. The molecule has 0 radical (unpaired) electrons. The first-order chi connectivity index (χ1) is 9.81. The average Bonchev–Trinajstić information content (AvgIpc) is 2.90. The third-order valence-electron chi connectivity index (χ3n) is 4.67. The van der Waals surface area contributed by atoms with Crippen molar-refractivity contribution in [2.75, 3.05) is 25.1 Å². The van der Waals surface area contributed by atoms with Crippen molar-refractivity contribution in [3.8, 4) is 0 Å². The van der Waals surface area contributed by atoms with E-state index < -0.39 is 0 Å². The summed E-state index contributed by atoms with van der Waals surface area (Å²) < 4.78 is 5.12. The first kappa shape index (κ1) is 14.0. The van der Waals surface area contributed by atoms with Gasteiger partial charge >= 0.3 is 0 Å². The Balaban J connectivity index is 1.74. The van der Waals surface area contributed by atoms with E-state index in [-0.39, 0.29) is 0 Å². The van der Waals surface area contributed by atoms with E-state index in [2.05, 4.69) is 9.88 Å². The highest BCUT2D eigenvalue weighted by atomic mass is 32.1. The number of piperidine rings is 1. The number of rotatable bonds is 4. The lowest BCUT2D eigenvalue weighted by atomic mass is 9.75. The summed E-state index contributed by atoms with van der Waals surface area (Å²) in [6.07, 6.45) is 7.74. The normalized spacial score (nSPS) is 26.4. The number of carbonyl (C=O) groups is 1. The molecule has 1 aromatic heterocycles. The predicted octanol–water partition coefficient (Wildman–Crippen LogP) is 3.12. The Bertz CT molecular complexity index is 474. The average molecular weight is 294 g/mol. The van der Waals surface area contributed by atoms with Crippen LogP contribution in [0.5, 0.6) is 0 Å². The topological polar surface area (TPSA) is 42.4 Å². The van der Waals surface area contributed by atoms with Crippen LogP contribution < -0.4 is 4.90 Å². The zero-order valence-corrected chi connectivity index (χ0v) is 12.8. The highest BCUT2D eigenvalue weighted by Crippen LogP contribution is 2.38. The molecule has 0 amide bonds. The Morgan fingerprint density at radius 2 is 2.15 bits per heavy atom. The fourth-order valence-corrected chi connectivity index (χ4v) is 4.51. The highest BCUT2D eigenvalue weighted by molar-refractivity contribution is 7.17. The molecule has 1 saturated carbocycles. The van der Waals surface area contributed by atoms with Crippen molar-refractivity contribution in [1.29, 1.82) is 0 Å². The molecule has 2 atom stereocenters. The number of carbonyl (C=O) groups excluding carboxylic acids is 1.